The highest BCUT2D eigenvalue weighted by molar-refractivity contribution is 5.92. The quantitative estimate of drug-likeness (QED) is 0.691. The normalized spacial score (nSPS) is 12.5. The van der Waals surface area contributed by atoms with E-state index in [0.29, 0.717) is 17.4 Å². The molecule has 1 atom stereocenters. The van der Waals surface area contributed by atoms with Gasteiger partial charge in [0, 0.05) is 11.3 Å². The number of rotatable bonds is 7. The largest absolute Gasteiger partial charge is 0.496 e. The second-order valence-electron chi connectivity index (χ2n) is 6.66. The van der Waals surface area contributed by atoms with Crippen LogP contribution in [0.2, 0.25) is 0 Å². The molecule has 146 valence electrons. The molecule has 0 spiro atoms. The third kappa shape index (κ3) is 6.01. The van der Waals surface area contributed by atoms with Crippen molar-refractivity contribution in [1.82, 2.24) is 0 Å². The fourth-order valence-electron chi connectivity index (χ4n) is 2.76. The van der Waals surface area contributed by atoms with E-state index >= 15 is 0 Å². The number of ether oxygens (including phenoxy) is 1. The van der Waals surface area contributed by atoms with Crippen LogP contribution in [0, 0.1) is 5.92 Å². The van der Waals surface area contributed by atoms with Gasteiger partial charge in [0.2, 0.25) is 5.91 Å². The van der Waals surface area contributed by atoms with Crippen molar-refractivity contribution in [2.45, 2.75) is 39.3 Å². The molecule has 6 heteroatoms. The molecule has 0 aliphatic heterocycles. The zero-order chi connectivity index (χ0) is 20.0. The third-order valence-electron chi connectivity index (χ3n) is 4.47. The van der Waals surface area contributed by atoms with Crippen molar-refractivity contribution in [3.8, 4) is 5.75 Å². The minimum absolute atomic E-state index is 0.0819. The van der Waals surface area contributed by atoms with E-state index in [0.717, 1.165) is 36.1 Å². The zero-order valence-electron chi connectivity index (χ0n) is 15.7. The number of hydrogen-bond donors (Lipinski definition) is 1. The SMILES string of the molecule is CCC(C)Cc1ccc(OC)c(CC(=O)Nc2ccc(C(F)(F)F)cc2)c1. The Balaban J connectivity index is 2.09. The lowest BCUT2D eigenvalue weighted by Gasteiger charge is -2.14. The van der Waals surface area contributed by atoms with E-state index in [-0.39, 0.29) is 12.3 Å². The van der Waals surface area contributed by atoms with Crippen LogP contribution >= 0.6 is 0 Å². The highest BCUT2D eigenvalue weighted by atomic mass is 19.4. The highest BCUT2D eigenvalue weighted by Crippen LogP contribution is 2.30. The second kappa shape index (κ2) is 8.93. The number of amides is 1. The molecular formula is C21H24F3NO2. The van der Waals surface area contributed by atoms with E-state index in [9.17, 15) is 18.0 Å². The van der Waals surface area contributed by atoms with Crippen molar-refractivity contribution in [1.29, 1.82) is 0 Å². The Labute approximate surface area is 157 Å². The smallest absolute Gasteiger partial charge is 0.416 e. The van der Waals surface area contributed by atoms with Gasteiger partial charge < -0.3 is 10.1 Å². The molecule has 1 unspecified atom stereocenters. The number of carbonyl (C=O) groups excluding carboxylic acids is 1. The molecule has 0 saturated carbocycles. The molecule has 3 nitrogen and oxygen atoms in total. The molecule has 2 rings (SSSR count). The minimum Gasteiger partial charge on any atom is -0.496 e. The second-order valence-corrected chi connectivity index (χ2v) is 6.66. The number of hydrogen-bond acceptors (Lipinski definition) is 2. The van der Waals surface area contributed by atoms with Gasteiger partial charge in [-0.1, -0.05) is 32.4 Å². The maximum atomic E-state index is 12.6. The van der Waals surface area contributed by atoms with Gasteiger partial charge in [0.15, 0.2) is 0 Å². The monoisotopic (exact) mass is 379 g/mol. The standard InChI is InChI=1S/C21H24F3NO2/c1-4-14(2)11-15-5-10-19(27-3)16(12-15)13-20(26)25-18-8-6-17(7-9-18)21(22,23)24/h5-10,12,14H,4,11,13H2,1-3H3,(H,25,26). The maximum absolute atomic E-state index is 12.6. The average molecular weight is 379 g/mol. The van der Waals surface area contributed by atoms with Crippen LogP contribution in [0.3, 0.4) is 0 Å². The van der Waals surface area contributed by atoms with Crippen molar-refractivity contribution in [3.05, 3.63) is 59.2 Å². The van der Waals surface area contributed by atoms with E-state index in [4.69, 9.17) is 4.74 Å². The summed E-state index contributed by atoms with van der Waals surface area (Å²) < 4.78 is 43.1. The van der Waals surface area contributed by atoms with Crippen molar-refractivity contribution in [3.63, 3.8) is 0 Å². The van der Waals surface area contributed by atoms with Gasteiger partial charge in [-0.25, -0.2) is 0 Å². The van der Waals surface area contributed by atoms with Crippen LogP contribution in [0.4, 0.5) is 18.9 Å². The summed E-state index contributed by atoms with van der Waals surface area (Å²) in [6.45, 7) is 4.30. The van der Waals surface area contributed by atoms with E-state index in [1.807, 2.05) is 18.2 Å². The predicted molar refractivity (Wildman–Crippen MR) is 99.9 cm³/mol. The molecular weight excluding hydrogens is 355 g/mol. The number of benzene rings is 2. The van der Waals surface area contributed by atoms with E-state index in [1.54, 1.807) is 7.11 Å². The van der Waals surface area contributed by atoms with Gasteiger partial charge in [0.05, 0.1) is 19.1 Å². The van der Waals surface area contributed by atoms with Crippen LogP contribution in [0.1, 0.15) is 37.0 Å². The Morgan fingerprint density at radius 1 is 1.15 bits per heavy atom. The Morgan fingerprint density at radius 3 is 2.37 bits per heavy atom. The maximum Gasteiger partial charge on any atom is 0.416 e. The molecule has 1 N–H and O–H groups in total. The number of nitrogens with one attached hydrogen (secondary N) is 1. The predicted octanol–water partition coefficient (Wildman–Crippen LogP) is 5.48. The summed E-state index contributed by atoms with van der Waals surface area (Å²) in [5.74, 6) is 0.839. The highest BCUT2D eigenvalue weighted by Gasteiger charge is 2.30. The van der Waals surface area contributed by atoms with Crippen LogP contribution in [-0.2, 0) is 23.8 Å². The van der Waals surface area contributed by atoms with Crippen LogP contribution in [0.25, 0.3) is 0 Å². The van der Waals surface area contributed by atoms with Gasteiger partial charge in [0.25, 0.3) is 0 Å². The molecule has 0 heterocycles. The lowest BCUT2D eigenvalue weighted by atomic mass is 9.96. The number of halogens is 3. The number of anilines is 1. The molecule has 0 aliphatic rings. The Bertz CT molecular complexity index is 770. The minimum atomic E-state index is -4.40. The van der Waals surface area contributed by atoms with E-state index in [1.165, 1.54) is 12.1 Å². The fraction of sp³-hybridized carbons (Fsp3) is 0.381. The number of carbonyl (C=O) groups is 1. The summed E-state index contributed by atoms with van der Waals surface area (Å²) in [7, 11) is 1.54. The topological polar surface area (TPSA) is 38.3 Å². The Kier molecular flexibility index (Phi) is 6.88. The van der Waals surface area contributed by atoms with Gasteiger partial charge in [-0.2, -0.15) is 13.2 Å². The van der Waals surface area contributed by atoms with Crippen LogP contribution in [0.15, 0.2) is 42.5 Å². The van der Waals surface area contributed by atoms with Crippen molar-refractivity contribution in [2.75, 3.05) is 12.4 Å². The fourth-order valence-corrected chi connectivity index (χ4v) is 2.76. The Morgan fingerprint density at radius 2 is 1.81 bits per heavy atom. The number of methoxy groups -OCH3 is 1. The van der Waals surface area contributed by atoms with Crippen LogP contribution < -0.4 is 10.1 Å². The first kappa shape index (κ1) is 20.8. The van der Waals surface area contributed by atoms with Gasteiger partial charge >= 0.3 is 6.18 Å². The van der Waals surface area contributed by atoms with Crippen molar-refractivity contribution >= 4 is 11.6 Å². The summed E-state index contributed by atoms with van der Waals surface area (Å²) in [6.07, 6.45) is -2.34. The summed E-state index contributed by atoms with van der Waals surface area (Å²) >= 11 is 0. The third-order valence-corrected chi connectivity index (χ3v) is 4.47. The van der Waals surface area contributed by atoms with Crippen LogP contribution in [-0.4, -0.2) is 13.0 Å². The molecule has 27 heavy (non-hydrogen) atoms. The molecule has 2 aromatic rings. The van der Waals surface area contributed by atoms with Gasteiger partial charge in [-0.3, -0.25) is 4.79 Å². The molecule has 0 saturated heterocycles. The van der Waals surface area contributed by atoms with Crippen molar-refractivity contribution in [2.24, 2.45) is 5.92 Å². The summed E-state index contributed by atoms with van der Waals surface area (Å²) in [4.78, 5) is 12.3. The van der Waals surface area contributed by atoms with Gasteiger partial charge in [-0.15, -0.1) is 0 Å². The molecule has 0 bridgehead atoms. The first-order valence-electron chi connectivity index (χ1n) is 8.85. The first-order chi connectivity index (χ1) is 12.7. The van der Waals surface area contributed by atoms with Crippen molar-refractivity contribution < 1.29 is 22.7 Å². The lowest BCUT2D eigenvalue weighted by Crippen LogP contribution is -2.15. The zero-order valence-corrected chi connectivity index (χ0v) is 15.7. The summed E-state index contributed by atoms with van der Waals surface area (Å²) in [6, 6.07) is 10.2. The van der Waals surface area contributed by atoms with Gasteiger partial charge in [0.1, 0.15) is 5.75 Å². The number of alkyl halides is 3. The molecule has 0 radical (unpaired) electrons. The molecule has 2 aromatic carbocycles. The molecule has 0 aliphatic carbocycles. The van der Waals surface area contributed by atoms with Gasteiger partial charge in [-0.05, 0) is 48.2 Å². The van der Waals surface area contributed by atoms with E-state index < -0.39 is 11.7 Å². The molecule has 0 aromatic heterocycles. The summed E-state index contributed by atoms with van der Waals surface area (Å²) in [5.41, 5.74) is 1.45. The summed E-state index contributed by atoms with van der Waals surface area (Å²) in [5, 5.41) is 2.63. The Hall–Kier alpha value is -2.50. The van der Waals surface area contributed by atoms with E-state index in [2.05, 4.69) is 19.2 Å². The molecule has 1 amide bonds. The first-order valence-corrected chi connectivity index (χ1v) is 8.85. The molecule has 0 fully saturated rings. The van der Waals surface area contributed by atoms with Crippen LogP contribution in [0.5, 0.6) is 5.75 Å². The average Bonchev–Trinajstić information content (AvgIpc) is 2.61. The lowest BCUT2D eigenvalue weighted by molar-refractivity contribution is -0.137.